The van der Waals surface area contributed by atoms with Crippen LogP contribution in [-0.2, 0) is 6.54 Å². The first-order chi connectivity index (χ1) is 9.33. The zero-order chi connectivity index (χ0) is 15.2. The van der Waals surface area contributed by atoms with E-state index in [0.29, 0.717) is 13.0 Å². The number of hydrogen-bond acceptors (Lipinski definition) is 3. The molecule has 114 valence electrons. The summed E-state index contributed by atoms with van der Waals surface area (Å²) in [5.74, 6) is 0.786. The van der Waals surface area contributed by atoms with Gasteiger partial charge < -0.3 is 15.2 Å². The number of aliphatic hydroxyl groups is 1. The van der Waals surface area contributed by atoms with Crippen molar-refractivity contribution in [3.05, 3.63) is 26.6 Å². The van der Waals surface area contributed by atoms with Crippen LogP contribution in [0.25, 0.3) is 0 Å². The molecule has 2 N–H and O–H groups in total. The van der Waals surface area contributed by atoms with E-state index in [1.165, 1.54) is 5.56 Å². The highest BCUT2D eigenvalue weighted by molar-refractivity contribution is 9.11. The molecular weight excluding hydrogens is 386 g/mol. The Morgan fingerprint density at radius 2 is 1.85 bits per heavy atom. The van der Waals surface area contributed by atoms with Gasteiger partial charge in [-0.15, -0.1) is 0 Å². The zero-order valence-electron chi connectivity index (χ0n) is 12.3. The second-order valence-electron chi connectivity index (χ2n) is 5.48. The summed E-state index contributed by atoms with van der Waals surface area (Å²) in [5, 5.41) is 13.1. The molecule has 0 aliphatic carbocycles. The van der Waals surface area contributed by atoms with Gasteiger partial charge in [-0.2, -0.15) is 0 Å². The predicted octanol–water partition coefficient (Wildman–Crippen LogP) is 4.25. The summed E-state index contributed by atoms with van der Waals surface area (Å²) in [6.07, 6.45) is 1.71. The van der Waals surface area contributed by atoms with Gasteiger partial charge in [0.25, 0.3) is 0 Å². The lowest BCUT2D eigenvalue weighted by Gasteiger charge is -2.18. The minimum absolute atomic E-state index is 0.480. The molecule has 0 aliphatic heterocycles. The van der Waals surface area contributed by atoms with Crippen LogP contribution in [0, 0.1) is 0 Å². The highest BCUT2D eigenvalue weighted by Crippen LogP contribution is 2.35. The number of hydrogen-bond donors (Lipinski definition) is 2. The standard InChI is InChI=1S/C15H23Br2NO2/c1-4-6-18-10-11-8-12(16)14(13(17)9-11)20-7-5-15(2,3)19/h8-9,18-19H,4-7,10H2,1-3H3. The molecule has 0 saturated heterocycles. The van der Waals surface area contributed by atoms with Gasteiger partial charge in [0.2, 0.25) is 0 Å². The number of halogens is 2. The molecule has 3 nitrogen and oxygen atoms in total. The fraction of sp³-hybridized carbons (Fsp3) is 0.600. The van der Waals surface area contributed by atoms with Crippen LogP contribution >= 0.6 is 31.9 Å². The molecule has 0 saturated carbocycles. The van der Waals surface area contributed by atoms with Crippen LogP contribution in [0.1, 0.15) is 39.2 Å². The SMILES string of the molecule is CCCNCc1cc(Br)c(OCCC(C)(C)O)c(Br)c1. The van der Waals surface area contributed by atoms with E-state index in [-0.39, 0.29) is 0 Å². The van der Waals surface area contributed by atoms with E-state index < -0.39 is 5.60 Å². The van der Waals surface area contributed by atoms with Crippen LogP contribution in [-0.4, -0.2) is 23.9 Å². The summed E-state index contributed by atoms with van der Waals surface area (Å²) in [7, 11) is 0. The molecule has 0 heterocycles. The summed E-state index contributed by atoms with van der Waals surface area (Å²) in [6, 6.07) is 4.12. The first-order valence-corrected chi connectivity index (χ1v) is 8.46. The second-order valence-corrected chi connectivity index (χ2v) is 7.18. The van der Waals surface area contributed by atoms with Crippen LogP contribution in [0.4, 0.5) is 0 Å². The Kier molecular flexibility index (Phi) is 7.51. The number of ether oxygens (including phenoxy) is 1. The molecule has 5 heteroatoms. The third-order valence-electron chi connectivity index (χ3n) is 2.77. The molecule has 0 atom stereocenters. The zero-order valence-corrected chi connectivity index (χ0v) is 15.5. The Bertz CT molecular complexity index is 407. The minimum atomic E-state index is -0.705. The van der Waals surface area contributed by atoms with Gasteiger partial charge in [-0.25, -0.2) is 0 Å². The smallest absolute Gasteiger partial charge is 0.147 e. The van der Waals surface area contributed by atoms with Crippen molar-refractivity contribution in [1.82, 2.24) is 5.32 Å². The largest absolute Gasteiger partial charge is 0.491 e. The summed E-state index contributed by atoms with van der Waals surface area (Å²) in [6.45, 7) is 8.05. The Labute approximate surface area is 138 Å². The van der Waals surface area contributed by atoms with Gasteiger partial charge in [0.1, 0.15) is 5.75 Å². The lowest BCUT2D eigenvalue weighted by Crippen LogP contribution is -2.22. The molecule has 1 aromatic rings. The van der Waals surface area contributed by atoms with E-state index in [0.717, 1.165) is 34.2 Å². The first kappa shape index (κ1) is 18.0. The van der Waals surface area contributed by atoms with Crippen LogP contribution in [0.5, 0.6) is 5.75 Å². The predicted molar refractivity (Wildman–Crippen MR) is 90.2 cm³/mol. The monoisotopic (exact) mass is 407 g/mol. The number of benzene rings is 1. The topological polar surface area (TPSA) is 41.5 Å². The van der Waals surface area contributed by atoms with Crippen LogP contribution in [0.3, 0.4) is 0 Å². The quantitative estimate of drug-likeness (QED) is 0.631. The summed E-state index contributed by atoms with van der Waals surface area (Å²) >= 11 is 7.08. The van der Waals surface area contributed by atoms with Crippen LogP contribution < -0.4 is 10.1 Å². The van der Waals surface area contributed by atoms with E-state index in [2.05, 4.69) is 56.2 Å². The lowest BCUT2D eigenvalue weighted by molar-refractivity contribution is 0.0551. The average molecular weight is 409 g/mol. The van der Waals surface area contributed by atoms with E-state index >= 15 is 0 Å². The lowest BCUT2D eigenvalue weighted by atomic mass is 10.1. The molecule has 0 amide bonds. The van der Waals surface area contributed by atoms with Crippen molar-refractivity contribution < 1.29 is 9.84 Å². The van der Waals surface area contributed by atoms with Crippen molar-refractivity contribution in [2.45, 2.75) is 45.8 Å². The normalized spacial score (nSPS) is 11.7. The maximum atomic E-state index is 9.69. The number of rotatable bonds is 8. The second kappa shape index (κ2) is 8.37. The summed E-state index contributed by atoms with van der Waals surface area (Å²) < 4.78 is 7.60. The van der Waals surface area contributed by atoms with Crippen molar-refractivity contribution in [3.8, 4) is 5.75 Å². The van der Waals surface area contributed by atoms with Gasteiger partial charge in [-0.05, 0) is 76.4 Å². The van der Waals surface area contributed by atoms with Crippen molar-refractivity contribution in [2.24, 2.45) is 0 Å². The molecule has 0 bridgehead atoms. The average Bonchev–Trinajstić information content (AvgIpc) is 2.32. The van der Waals surface area contributed by atoms with Gasteiger partial charge in [-0.1, -0.05) is 6.92 Å². The third kappa shape index (κ3) is 6.57. The van der Waals surface area contributed by atoms with Gasteiger partial charge in [0.15, 0.2) is 0 Å². The molecule has 1 rings (SSSR count). The fourth-order valence-electron chi connectivity index (χ4n) is 1.66. The Morgan fingerprint density at radius 3 is 2.35 bits per heavy atom. The van der Waals surface area contributed by atoms with Gasteiger partial charge in [0, 0.05) is 13.0 Å². The van der Waals surface area contributed by atoms with Crippen molar-refractivity contribution in [3.63, 3.8) is 0 Å². The van der Waals surface area contributed by atoms with Crippen molar-refractivity contribution in [1.29, 1.82) is 0 Å². The molecular formula is C15H23Br2NO2. The van der Waals surface area contributed by atoms with Crippen molar-refractivity contribution >= 4 is 31.9 Å². The number of nitrogens with one attached hydrogen (secondary N) is 1. The molecule has 1 aromatic carbocycles. The third-order valence-corrected chi connectivity index (χ3v) is 3.95. The highest BCUT2D eigenvalue weighted by atomic mass is 79.9. The molecule has 0 spiro atoms. The Hall–Kier alpha value is -0.100. The van der Waals surface area contributed by atoms with E-state index in [1.54, 1.807) is 13.8 Å². The minimum Gasteiger partial charge on any atom is -0.491 e. The van der Waals surface area contributed by atoms with E-state index in [4.69, 9.17) is 4.74 Å². The molecule has 0 aromatic heterocycles. The van der Waals surface area contributed by atoms with Gasteiger partial charge >= 0.3 is 0 Å². The highest BCUT2D eigenvalue weighted by Gasteiger charge is 2.14. The molecule has 0 radical (unpaired) electrons. The van der Waals surface area contributed by atoms with Gasteiger partial charge in [0.05, 0.1) is 21.2 Å². The maximum absolute atomic E-state index is 9.69. The Balaban J connectivity index is 2.64. The van der Waals surface area contributed by atoms with Crippen LogP contribution in [0.2, 0.25) is 0 Å². The molecule has 0 aliphatic rings. The van der Waals surface area contributed by atoms with Crippen LogP contribution in [0.15, 0.2) is 21.1 Å². The maximum Gasteiger partial charge on any atom is 0.147 e. The molecule has 0 unspecified atom stereocenters. The Morgan fingerprint density at radius 1 is 1.25 bits per heavy atom. The molecule has 0 fully saturated rings. The molecule has 20 heavy (non-hydrogen) atoms. The summed E-state index contributed by atoms with van der Waals surface area (Å²) in [5.41, 5.74) is 0.496. The van der Waals surface area contributed by atoms with E-state index in [9.17, 15) is 5.11 Å². The van der Waals surface area contributed by atoms with Crippen molar-refractivity contribution in [2.75, 3.05) is 13.2 Å². The van der Waals surface area contributed by atoms with E-state index in [1.807, 2.05) is 0 Å². The van der Waals surface area contributed by atoms with Gasteiger partial charge in [-0.3, -0.25) is 0 Å². The first-order valence-electron chi connectivity index (χ1n) is 6.87. The summed E-state index contributed by atoms with van der Waals surface area (Å²) in [4.78, 5) is 0. The fourth-order valence-corrected chi connectivity index (χ4v) is 3.17.